The maximum absolute atomic E-state index is 4.66. The second-order valence-electron chi connectivity index (χ2n) is 5.20. The fraction of sp³-hybridized carbons (Fsp3) is 0.467. The lowest BCUT2D eigenvalue weighted by atomic mass is 10.1. The minimum Gasteiger partial charge on any atom is -0.349 e. The van der Waals surface area contributed by atoms with Gasteiger partial charge < -0.3 is 4.90 Å². The standard InChI is InChI=1S/C15H19N5/c1-4-14-17-8-12-5-6-20(9-13(12)19-14)15-11(3)16-7-10(2)18-15/h7-8H,4-6,9H2,1-3H3. The summed E-state index contributed by atoms with van der Waals surface area (Å²) < 4.78 is 0. The molecular weight excluding hydrogens is 250 g/mol. The Labute approximate surface area is 119 Å². The third-order valence-corrected chi connectivity index (χ3v) is 3.66. The highest BCUT2D eigenvalue weighted by Gasteiger charge is 2.21. The van der Waals surface area contributed by atoms with E-state index in [1.807, 2.05) is 26.2 Å². The maximum atomic E-state index is 4.66. The summed E-state index contributed by atoms with van der Waals surface area (Å²) in [4.78, 5) is 20.3. The molecule has 0 bridgehead atoms. The highest BCUT2D eigenvalue weighted by molar-refractivity contribution is 5.46. The van der Waals surface area contributed by atoms with E-state index in [0.29, 0.717) is 0 Å². The zero-order valence-corrected chi connectivity index (χ0v) is 12.2. The van der Waals surface area contributed by atoms with Crippen molar-refractivity contribution in [2.24, 2.45) is 0 Å². The summed E-state index contributed by atoms with van der Waals surface area (Å²) in [5, 5.41) is 0. The number of aryl methyl sites for hydroxylation is 3. The van der Waals surface area contributed by atoms with Crippen LogP contribution in [-0.4, -0.2) is 26.5 Å². The summed E-state index contributed by atoms with van der Waals surface area (Å²) in [5.41, 5.74) is 4.32. The topological polar surface area (TPSA) is 54.8 Å². The fourth-order valence-corrected chi connectivity index (χ4v) is 2.52. The second-order valence-corrected chi connectivity index (χ2v) is 5.20. The van der Waals surface area contributed by atoms with Crippen LogP contribution in [0.3, 0.4) is 0 Å². The number of rotatable bonds is 2. The Kier molecular flexibility index (Phi) is 3.34. The van der Waals surface area contributed by atoms with Crippen LogP contribution in [0.5, 0.6) is 0 Å². The van der Waals surface area contributed by atoms with Gasteiger partial charge in [0.25, 0.3) is 0 Å². The average molecular weight is 269 g/mol. The minimum atomic E-state index is 0.795. The second kappa shape index (κ2) is 5.15. The molecule has 0 radical (unpaired) electrons. The molecule has 0 aromatic carbocycles. The minimum absolute atomic E-state index is 0.795. The molecule has 0 spiro atoms. The third kappa shape index (κ3) is 2.35. The van der Waals surface area contributed by atoms with E-state index in [1.54, 1.807) is 0 Å². The fourth-order valence-electron chi connectivity index (χ4n) is 2.52. The molecule has 0 saturated heterocycles. The molecule has 3 heterocycles. The Balaban J connectivity index is 1.93. The largest absolute Gasteiger partial charge is 0.349 e. The van der Waals surface area contributed by atoms with Crippen LogP contribution >= 0.6 is 0 Å². The lowest BCUT2D eigenvalue weighted by Crippen LogP contribution is -2.33. The molecule has 0 fully saturated rings. The Hall–Kier alpha value is -2.04. The van der Waals surface area contributed by atoms with Crippen molar-refractivity contribution in [3.8, 4) is 0 Å². The summed E-state index contributed by atoms with van der Waals surface area (Å²) in [6.07, 6.45) is 5.63. The van der Waals surface area contributed by atoms with Crippen molar-refractivity contribution in [3.63, 3.8) is 0 Å². The van der Waals surface area contributed by atoms with Gasteiger partial charge in [0.15, 0.2) is 5.82 Å². The first-order valence-corrected chi connectivity index (χ1v) is 7.06. The van der Waals surface area contributed by atoms with Crippen molar-refractivity contribution in [2.75, 3.05) is 11.4 Å². The molecule has 0 unspecified atom stereocenters. The SMILES string of the molecule is CCc1ncc2c(n1)CN(c1nc(C)cnc1C)CC2. The number of nitrogens with zero attached hydrogens (tertiary/aromatic N) is 5. The van der Waals surface area contributed by atoms with Crippen LogP contribution in [0.25, 0.3) is 0 Å². The molecule has 20 heavy (non-hydrogen) atoms. The molecule has 104 valence electrons. The third-order valence-electron chi connectivity index (χ3n) is 3.66. The van der Waals surface area contributed by atoms with E-state index in [0.717, 1.165) is 54.7 Å². The van der Waals surface area contributed by atoms with E-state index >= 15 is 0 Å². The summed E-state index contributed by atoms with van der Waals surface area (Å²) in [5.74, 6) is 1.89. The molecule has 2 aromatic heterocycles. The lowest BCUT2D eigenvalue weighted by Gasteiger charge is -2.29. The zero-order valence-electron chi connectivity index (χ0n) is 12.2. The van der Waals surface area contributed by atoms with Gasteiger partial charge in [-0.2, -0.15) is 0 Å². The van der Waals surface area contributed by atoms with Crippen LogP contribution in [0.4, 0.5) is 5.82 Å². The first kappa shape index (κ1) is 13.0. The smallest absolute Gasteiger partial charge is 0.150 e. The zero-order chi connectivity index (χ0) is 14.1. The molecule has 2 aromatic rings. The Bertz CT molecular complexity index is 638. The molecule has 5 nitrogen and oxygen atoms in total. The van der Waals surface area contributed by atoms with E-state index in [1.165, 1.54) is 5.56 Å². The van der Waals surface area contributed by atoms with Crippen LogP contribution < -0.4 is 4.90 Å². The van der Waals surface area contributed by atoms with Gasteiger partial charge in [-0.15, -0.1) is 0 Å². The predicted octanol–water partition coefficient (Wildman–Crippen LogP) is 2.01. The monoisotopic (exact) mass is 269 g/mol. The van der Waals surface area contributed by atoms with Crippen molar-refractivity contribution >= 4 is 5.82 Å². The van der Waals surface area contributed by atoms with Crippen LogP contribution in [0.15, 0.2) is 12.4 Å². The number of aromatic nitrogens is 4. The molecule has 0 amide bonds. The Morgan fingerprint density at radius 3 is 2.80 bits per heavy atom. The first-order valence-electron chi connectivity index (χ1n) is 7.06. The van der Waals surface area contributed by atoms with Gasteiger partial charge in [-0.05, 0) is 25.8 Å². The number of hydrogen-bond donors (Lipinski definition) is 0. The van der Waals surface area contributed by atoms with Gasteiger partial charge in [0.2, 0.25) is 0 Å². The van der Waals surface area contributed by atoms with Crippen molar-refractivity contribution < 1.29 is 0 Å². The molecule has 1 aliphatic rings. The molecule has 0 N–H and O–H groups in total. The Morgan fingerprint density at radius 2 is 2.00 bits per heavy atom. The maximum Gasteiger partial charge on any atom is 0.150 e. The normalized spacial score (nSPS) is 14.2. The Morgan fingerprint density at radius 1 is 1.15 bits per heavy atom. The van der Waals surface area contributed by atoms with E-state index in [2.05, 4.69) is 31.8 Å². The van der Waals surface area contributed by atoms with E-state index in [9.17, 15) is 0 Å². The van der Waals surface area contributed by atoms with Gasteiger partial charge in [0.1, 0.15) is 5.82 Å². The highest BCUT2D eigenvalue weighted by atomic mass is 15.2. The van der Waals surface area contributed by atoms with Gasteiger partial charge in [0.05, 0.1) is 23.6 Å². The lowest BCUT2D eigenvalue weighted by molar-refractivity contribution is 0.679. The summed E-state index contributed by atoms with van der Waals surface area (Å²) >= 11 is 0. The summed E-state index contributed by atoms with van der Waals surface area (Å²) in [7, 11) is 0. The summed E-state index contributed by atoms with van der Waals surface area (Å²) in [6, 6.07) is 0. The quantitative estimate of drug-likeness (QED) is 0.834. The van der Waals surface area contributed by atoms with E-state index in [-0.39, 0.29) is 0 Å². The van der Waals surface area contributed by atoms with Gasteiger partial charge in [-0.3, -0.25) is 4.98 Å². The highest BCUT2D eigenvalue weighted by Crippen LogP contribution is 2.23. The van der Waals surface area contributed by atoms with E-state index in [4.69, 9.17) is 0 Å². The molecule has 1 aliphatic heterocycles. The molecule has 0 aliphatic carbocycles. The molecule has 0 atom stereocenters. The van der Waals surface area contributed by atoms with Crippen molar-refractivity contribution in [1.29, 1.82) is 0 Å². The van der Waals surface area contributed by atoms with Crippen molar-refractivity contribution in [3.05, 3.63) is 40.9 Å². The van der Waals surface area contributed by atoms with Crippen LogP contribution in [-0.2, 0) is 19.4 Å². The van der Waals surface area contributed by atoms with Crippen molar-refractivity contribution in [1.82, 2.24) is 19.9 Å². The summed E-state index contributed by atoms with van der Waals surface area (Å²) in [6.45, 7) is 7.81. The van der Waals surface area contributed by atoms with Gasteiger partial charge in [-0.1, -0.05) is 6.92 Å². The van der Waals surface area contributed by atoms with Gasteiger partial charge >= 0.3 is 0 Å². The number of fused-ring (bicyclic) bond motifs is 1. The first-order chi connectivity index (χ1) is 9.67. The van der Waals surface area contributed by atoms with E-state index < -0.39 is 0 Å². The molecule has 0 saturated carbocycles. The molecule has 3 rings (SSSR count). The van der Waals surface area contributed by atoms with Crippen LogP contribution in [0, 0.1) is 13.8 Å². The number of anilines is 1. The molecule has 5 heteroatoms. The van der Waals surface area contributed by atoms with Crippen LogP contribution in [0.2, 0.25) is 0 Å². The van der Waals surface area contributed by atoms with Gasteiger partial charge in [0, 0.05) is 25.4 Å². The molecular formula is C15H19N5. The number of hydrogen-bond acceptors (Lipinski definition) is 5. The van der Waals surface area contributed by atoms with Gasteiger partial charge in [-0.25, -0.2) is 15.0 Å². The predicted molar refractivity (Wildman–Crippen MR) is 77.7 cm³/mol. The van der Waals surface area contributed by atoms with Crippen molar-refractivity contribution in [2.45, 2.75) is 40.2 Å². The average Bonchev–Trinajstić information content (AvgIpc) is 2.48. The van der Waals surface area contributed by atoms with Crippen LogP contribution in [0.1, 0.15) is 35.4 Å².